The number of amides is 2. The quantitative estimate of drug-likeness (QED) is 0.114. The number of carbonyl (C=O) groups is 3. The first-order valence-electron chi connectivity index (χ1n) is 13.9. The van der Waals surface area contributed by atoms with Gasteiger partial charge in [-0.3, -0.25) is 19.3 Å². The van der Waals surface area contributed by atoms with Crippen molar-refractivity contribution in [2.24, 2.45) is 11.8 Å². The van der Waals surface area contributed by atoms with Gasteiger partial charge in [-0.2, -0.15) is 0 Å². The molecule has 1 aliphatic heterocycles. The van der Waals surface area contributed by atoms with Crippen molar-refractivity contribution in [2.75, 3.05) is 20.3 Å². The maximum absolute atomic E-state index is 13.5. The molecule has 3 aromatic rings. The molecular formula is C33H36INO6. The van der Waals surface area contributed by atoms with Crippen molar-refractivity contribution < 1.29 is 28.6 Å². The maximum atomic E-state index is 13.5. The van der Waals surface area contributed by atoms with Gasteiger partial charge in [0.25, 0.3) is 11.8 Å². The van der Waals surface area contributed by atoms with E-state index >= 15 is 0 Å². The molecule has 0 bridgehead atoms. The SMILES string of the molecule is COc1ccc(COC(CCc2ccc(I)cc2)C(CCN2C(=O)c3ccccc3C2=O)C(=O)OCC(C)C)cc1. The molecule has 0 radical (unpaired) electrons. The van der Waals surface area contributed by atoms with Crippen molar-refractivity contribution in [1.29, 1.82) is 0 Å². The Balaban J connectivity index is 1.55. The van der Waals surface area contributed by atoms with E-state index in [4.69, 9.17) is 14.2 Å². The summed E-state index contributed by atoms with van der Waals surface area (Å²) in [5.74, 6) is -0.803. The highest BCUT2D eigenvalue weighted by Gasteiger charge is 2.37. The Morgan fingerprint density at radius 3 is 2.05 bits per heavy atom. The summed E-state index contributed by atoms with van der Waals surface area (Å²) >= 11 is 2.27. The molecule has 7 nitrogen and oxygen atoms in total. The molecule has 2 unspecified atom stereocenters. The molecule has 1 aliphatic rings. The van der Waals surface area contributed by atoms with E-state index in [1.54, 1.807) is 31.4 Å². The number of halogens is 1. The number of methoxy groups -OCH3 is 1. The van der Waals surface area contributed by atoms with Gasteiger partial charge in [-0.25, -0.2) is 0 Å². The third-order valence-electron chi connectivity index (χ3n) is 7.11. The Labute approximate surface area is 255 Å². The monoisotopic (exact) mass is 669 g/mol. The number of benzene rings is 3. The van der Waals surface area contributed by atoms with Crippen molar-refractivity contribution >= 4 is 40.4 Å². The lowest BCUT2D eigenvalue weighted by Crippen LogP contribution is -2.38. The zero-order valence-electron chi connectivity index (χ0n) is 23.7. The number of hydrogen-bond donors (Lipinski definition) is 0. The van der Waals surface area contributed by atoms with Gasteiger partial charge in [0, 0.05) is 10.1 Å². The molecule has 1 heterocycles. The molecule has 0 saturated heterocycles. The lowest BCUT2D eigenvalue weighted by molar-refractivity contribution is -0.157. The lowest BCUT2D eigenvalue weighted by Gasteiger charge is -2.28. The molecule has 3 aromatic carbocycles. The highest BCUT2D eigenvalue weighted by molar-refractivity contribution is 14.1. The first-order chi connectivity index (χ1) is 19.8. The van der Waals surface area contributed by atoms with Crippen LogP contribution in [0.4, 0.5) is 0 Å². The third-order valence-corrected chi connectivity index (χ3v) is 7.83. The molecule has 8 heteroatoms. The topological polar surface area (TPSA) is 82.1 Å². The Bertz CT molecular complexity index is 1300. The second kappa shape index (κ2) is 14.6. The number of hydrogen-bond acceptors (Lipinski definition) is 6. The van der Waals surface area contributed by atoms with Gasteiger partial charge in [0.1, 0.15) is 5.75 Å². The van der Waals surface area contributed by atoms with E-state index in [-0.39, 0.29) is 43.3 Å². The first-order valence-corrected chi connectivity index (χ1v) is 15.0. The molecule has 2 atom stereocenters. The van der Waals surface area contributed by atoms with Crippen LogP contribution in [0.15, 0.2) is 72.8 Å². The van der Waals surface area contributed by atoms with E-state index in [0.29, 0.717) is 30.6 Å². The summed E-state index contributed by atoms with van der Waals surface area (Å²) in [6.07, 6.45) is 1.01. The number of esters is 1. The van der Waals surface area contributed by atoms with Crippen molar-refractivity contribution in [3.05, 3.63) is 98.6 Å². The second-order valence-corrected chi connectivity index (χ2v) is 11.8. The average molecular weight is 670 g/mol. The van der Waals surface area contributed by atoms with E-state index in [1.807, 2.05) is 38.1 Å². The molecule has 216 valence electrons. The fraction of sp³-hybridized carbons (Fsp3) is 0.364. The van der Waals surface area contributed by atoms with Crippen LogP contribution in [0.2, 0.25) is 0 Å². The van der Waals surface area contributed by atoms with Gasteiger partial charge in [-0.1, -0.05) is 50.2 Å². The predicted octanol–water partition coefficient (Wildman–Crippen LogP) is 6.32. The number of aryl methyl sites for hydroxylation is 1. The zero-order valence-corrected chi connectivity index (χ0v) is 25.8. The third kappa shape index (κ3) is 8.16. The predicted molar refractivity (Wildman–Crippen MR) is 165 cm³/mol. The summed E-state index contributed by atoms with van der Waals surface area (Å²) < 4.78 is 18.6. The number of ether oxygens (including phenoxy) is 3. The van der Waals surface area contributed by atoms with Gasteiger partial charge in [0.05, 0.1) is 43.5 Å². The fourth-order valence-electron chi connectivity index (χ4n) is 4.81. The van der Waals surface area contributed by atoms with E-state index in [1.165, 1.54) is 4.90 Å². The van der Waals surface area contributed by atoms with Crippen molar-refractivity contribution in [2.45, 2.75) is 45.8 Å². The number of imide groups is 1. The molecule has 41 heavy (non-hydrogen) atoms. The maximum Gasteiger partial charge on any atom is 0.311 e. The van der Waals surface area contributed by atoms with Crippen molar-refractivity contribution in [1.82, 2.24) is 4.90 Å². The minimum atomic E-state index is -0.667. The van der Waals surface area contributed by atoms with E-state index in [9.17, 15) is 14.4 Å². The molecule has 0 N–H and O–H groups in total. The molecule has 0 aromatic heterocycles. The van der Waals surface area contributed by atoms with Gasteiger partial charge in [0.2, 0.25) is 0 Å². The van der Waals surface area contributed by atoms with Crippen LogP contribution in [0.5, 0.6) is 5.75 Å². The standard InChI is InChI=1S/C33H36INO6/c1-22(2)20-41-33(38)29(18-19-35-31(36)27-6-4-5-7-28(27)32(35)37)30(17-12-23-8-13-25(34)14-9-23)40-21-24-10-15-26(39-3)16-11-24/h4-11,13-16,22,29-30H,12,17-21H2,1-3H3. The van der Waals surface area contributed by atoms with E-state index in [0.717, 1.165) is 20.4 Å². The van der Waals surface area contributed by atoms with Gasteiger partial charge < -0.3 is 14.2 Å². The summed E-state index contributed by atoms with van der Waals surface area (Å²) in [6.45, 7) is 4.64. The minimum absolute atomic E-state index is 0.0969. The van der Waals surface area contributed by atoms with Crippen LogP contribution in [0, 0.1) is 15.4 Å². The van der Waals surface area contributed by atoms with Crippen molar-refractivity contribution in [3.63, 3.8) is 0 Å². The van der Waals surface area contributed by atoms with Gasteiger partial charge >= 0.3 is 5.97 Å². The van der Waals surface area contributed by atoms with Crippen LogP contribution in [-0.4, -0.2) is 49.0 Å². The summed E-state index contributed by atoms with van der Waals surface area (Å²) in [5.41, 5.74) is 2.86. The van der Waals surface area contributed by atoms with Crippen LogP contribution in [0.1, 0.15) is 58.5 Å². The molecule has 0 saturated carbocycles. The van der Waals surface area contributed by atoms with Crippen LogP contribution in [0.3, 0.4) is 0 Å². The van der Waals surface area contributed by atoms with Crippen LogP contribution in [-0.2, 0) is 27.3 Å². The van der Waals surface area contributed by atoms with Crippen LogP contribution < -0.4 is 4.74 Å². The number of fused-ring (bicyclic) bond motifs is 1. The number of nitrogens with zero attached hydrogens (tertiary/aromatic N) is 1. The summed E-state index contributed by atoms with van der Waals surface area (Å²) in [5, 5.41) is 0. The molecule has 2 amide bonds. The van der Waals surface area contributed by atoms with Gasteiger partial charge in [-0.15, -0.1) is 0 Å². The second-order valence-electron chi connectivity index (χ2n) is 10.6. The number of carbonyl (C=O) groups excluding carboxylic acids is 3. The molecule has 0 spiro atoms. The molecule has 4 rings (SSSR count). The Kier molecular flexibility index (Phi) is 10.9. The van der Waals surface area contributed by atoms with E-state index < -0.39 is 12.0 Å². The molecule has 0 fully saturated rings. The fourth-order valence-corrected chi connectivity index (χ4v) is 5.17. The molecular weight excluding hydrogens is 633 g/mol. The van der Waals surface area contributed by atoms with Crippen LogP contribution in [0.25, 0.3) is 0 Å². The van der Waals surface area contributed by atoms with Gasteiger partial charge in [-0.05, 0) is 95.3 Å². The lowest BCUT2D eigenvalue weighted by atomic mass is 9.92. The first kappa shape index (κ1) is 30.7. The highest BCUT2D eigenvalue weighted by Crippen LogP contribution is 2.27. The molecule has 0 aliphatic carbocycles. The zero-order chi connectivity index (χ0) is 29.4. The van der Waals surface area contributed by atoms with Gasteiger partial charge in [0.15, 0.2) is 0 Å². The summed E-state index contributed by atoms with van der Waals surface area (Å²) in [6, 6.07) is 22.7. The summed E-state index contributed by atoms with van der Waals surface area (Å²) in [7, 11) is 1.62. The average Bonchev–Trinajstić information content (AvgIpc) is 3.23. The largest absolute Gasteiger partial charge is 0.497 e. The Hall–Kier alpha value is -3.24. The summed E-state index contributed by atoms with van der Waals surface area (Å²) in [4.78, 5) is 40.8. The Morgan fingerprint density at radius 2 is 1.46 bits per heavy atom. The normalized spacial score (nSPS) is 14.2. The van der Waals surface area contributed by atoms with E-state index in [2.05, 4.69) is 46.9 Å². The van der Waals surface area contributed by atoms with Crippen molar-refractivity contribution in [3.8, 4) is 5.75 Å². The number of rotatable bonds is 14. The van der Waals surface area contributed by atoms with Crippen LogP contribution >= 0.6 is 22.6 Å². The Morgan fingerprint density at radius 1 is 0.854 bits per heavy atom. The highest BCUT2D eigenvalue weighted by atomic mass is 127. The minimum Gasteiger partial charge on any atom is -0.497 e. The smallest absolute Gasteiger partial charge is 0.311 e.